The molecule has 5 nitrogen and oxygen atoms in total. The Labute approximate surface area is 102 Å². The summed E-state index contributed by atoms with van der Waals surface area (Å²) < 4.78 is 1.74. The number of carbonyl (C=O) groups is 1. The van der Waals surface area contributed by atoms with Crippen molar-refractivity contribution in [2.24, 2.45) is 7.05 Å². The van der Waals surface area contributed by atoms with E-state index in [2.05, 4.69) is 10.4 Å². The van der Waals surface area contributed by atoms with E-state index in [1.807, 2.05) is 27.1 Å². The van der Waals surface area contributed by atoms with Crippen molar-refractivity contribution in [2.75, 3.05) is 0 Å². The maximum absolute atomic E-state index is 11.2. The zero-order valence-electron chi connectivity index (χ0n) is 10.9. The van der Waals surface area contributed by atoms with Crippen LogP contribution in [0, 0.1) is 6.92 Å². The van der Waals surface area contributed by atoms with Crippen LogP contribution in [0.5, 0.6) is 0 Å². The molecule has 2 N–H and O–H groups in total. The predicted molar refractivity (Wildman–Crippen MR) is 65.7 cm³/mol. The van der Waals surface area contributed by atoms with E-state index in [1.165, 1.54) is 0 Å². The van der Waals surface area contributed by atoms with Crippen LogP contribution in [0.1, 0.15) is 37.9 Å². The number of aryl methyl sites for hydroxylation is 2. The van der Waals surface area contributed by atoms with Crippen molar-refractivity contribution in [3.05, 3.63) is 17.5 Å². The number of nitrogens with zero attached hydrogens (tertiary/aromatic N) is 2. The van der Waals surface area contributed by atoms with Crippen molar-refractivity contribution < 1.29 is 9.90 Å². The first-order valence-corrected chi connectivity index (χ1v) is 5.86. The summed E-state index contributed by atoms with van der Waals surface area (Å²) in [7, 11) is 1.86. The Morgan fingerprint density at radius 3 is 2.71 bits per heavy atom. The highest BCUT2D eigenvalue weighted by atomic mass is 16.4. The molecule has 1 heterocycles. The highest BCUT2D eigenvalue weighted by Gasteiger charge is 2.31. The van der Waals surface area contributed by atoms with E-state index in [1.54, 1.807) is 11.6 Å². The maximum atomic E-state index is 11.2. The van der Waals surface area contributed by atoms with Gasteiger partial charge in [-0.3, -0.25) is 14.8 Å². The van der Waals surface area contributed by atoms with Crippen molar-refractivity contribution in [1.29, 1.82) is 0 Å². The molecular weight excluding hydrogens is 218 g/mol. The second-order valence-corrected chi connectivity index (χ2v) is 4.65. The van der Waals surface area contributed by atoms with E-state index in [0.29, 0.717) is 13.0 Å². The molecule has 1 rings (SSSR count). The fourth-order valence-corrected chi connectivity index (χ4v) is 1.88. The Morgan fingerprint density at radius 1 is 1.65 bits per heavy atom. The highest BCUT2D eigenvalue weighted by Crippen LogP contribution is 2.14. The van der Waals surface area contributed by atoms with E-state index >= 15 is 0 Å². The molecule has 0 aliphatic carbocycles. The van der Waals surface area contributed by atoms with Gasteiger partial charge in [0.2, 0.25) is 0 Å². The molecule has 96 valence electrons. The van der Waals surface area contributed by atoms with Gasteiger partial charge in [0.15, 0.2) is 0 Å². The molecule has 0 aromatic carbocycles. The van der Waals surface area contributed by atoms with Crippen LogP contribution in [0.4, 0.5) is 0 Å². The number of hydrogen-bond donors (Lipinski definition) is 2. The van der Waals surface area contributed by atoms with Crippen molar-refractivity contribution in [3.63, 3.8) is 0 Å². The minimum Gasteiger partial charge on any atom is -0.480 e. The standard InChI is InChI=1S/C12H21N3O2/c1-5-6-12(3,11(16)17)13-7-10-8-15(4)14-9(10)2/h8,13H,5-7H2,1-4H3,(H,16,17). The van der Waals surface area contributed by atoms with E-state index < -0.39 is 11.5 Å². The SMILES string of the molecule is CCCC(C)(NCc1cn(C)nc1C)C(=O)O. The molecule has 0 saturated heterocycles. The second kappa shape index (κ2) is 5.31. The summed E-state index contributed by atoms with van der Waals surface area (Å²) in [6, 6.07) is 0. The summed E-state index contributed by atoms with van der Waals surface area (Å²) in [6.45, 7) is 6.17. The van der Waals surface area contributed by atoms with Crippen LogP contribution in [-0.4, -0.2) is 26.4 Å². The average molecular weight is 239 g/mol. The lowest BCUT2D eigenvalue weighted by Crippen LogP contribution is -2.48. The molecule has 0 saturated carbocycles. The molecule has 0 fully saturated rings. The van der Waals surface area contributed by atoms with Crippen LogP contribution in [-0.2, 0) is 18.4 Å². The van der Waals surface area contributed by atoms with Crippen molar-refractivity contribution in [3.8, 4) is 0 Å². The van der Waals surface area contributed by atoms with Gasteiger partial charge in [-0.15, -0.1) is 0 Å². The van der Waals surface area contributed by atoms with E-state index in [-0.39, 0.29) is 0 Å². The third-order valence-corrected chi connectivity index (χ3v) is 3.01. The monoisotopic (exact) mass is 239 g/mol. The quantitative estimate of drug-likeness (QED) is 0.788. The third kappa shape index (κ3) is 3.30. The molecular formula is C12H21N3O2. The summed E-state index contributed by atoms with van der Waals surface area (Å²) in [5.41, 5.74) is 1.11. The Balaban J connectivity index is 2.70. The highest BCUT2D eigenvalue weighted by molar-refractivity contribution is 5.78. The Kier molecular flexibility index (Phi) is 4.28. The normalized spacial score (nSPS) is 14.6. The van der Waals surface area contributed by atoms with Crippen molar-refractivity contribution >= 4 is 5.97 Å². The number of carboxylic acid groups (broad SMARTS) is 1. The van der Waals surface area contributed by atoms with E-state index in [4.69, 9.17) is 0 Å². The van der Waals surface area contributed by atoms with Gasteiger partial charge < -0.3 is 5.11 Å². The minimum absolute atomic E-state index is 0.530. The maximum Gasteiger partial charge on any atom is 0.323 e. The molecule has 0 spiro atoms. The number of nitrogens with one attached hydrogen (secondary N) is 1. The van der Waals surface area contributed by atoms with Gasteiger partial charge in [-0.25, -0.2) is 0 Å². The van der Waals surface area contributed by atoms with Crippen molar-refractivity contribution in [2.45, 2.75) is 45.7 Å². The molecule has 0 bridgehead atoms. The lowest BCUT2D eigenvalue weighted by atomic mass is 9.96. The van der Waals surface area contributed by atoms with Crippen LogP contribution in [0.3, 0.4) is 0 Å². The number of carboxylic acids is 1. The fourth-order valence-electron chi connectivity index (χ4n) is 1.88. The van der Waals surface area contributed by atoms with Crippen LogP contribution in [0.25, 0.3) is 0 Å². The smallest absolute Gasteiger partial charge is 0.323 e. The fraction of sp³-hybridized carbons (Fsp3) is 0.667. The zero-order chi connectivity index (χ0) is 13.1. The summed E-state index contributed by atoms with van der Waals surface area (Å²) in [5.74, 6) is -0.805. The molecule has 17 heavy (non-hydrogen) atoms. The summed E-state index contributed by atoms with van der Waals surface area (Å²) >= 11 is 0. The molecule has 0 aliphatic heterocycles. The van der Waals surface area contributed by atoms with E-state index in [0.717, 1.165) is 17.7 Å². The molecule has 1 aromatic heterocycles. The summed E-state index contributed by atoms with van der Waals surface area (Å²) in [4.78, 5) is 11.2. The van der Waals surface area contributed by atoms with Gasteiger partial charge in [0.05, 0.1) is 5.69 Å². The van der Waals surface area contributed by atoms with Gasteiger partial charge in [-0.05, 0) is 20.3 Å². The van der Waals surface area contributed by atoms with Crippen LogP contribution in [0.15, 0.2) is 6.20 Å². The van der Waals surface area contributed by atoms with Gasteiger partial charge in [0, 0.05) is 25.4 Å². The van der Waals surface area contributed by atoms with Crippen LogP contribution in [0.2, 0.25) is 0 Å². The van der Waals surface area contributed by atoms with Gasteiger partial charge >= 0.3 is 5.97 Å². The zero-order valence-corrected chi connectivity index (χ0v) is 10.9. The average Bonchev–Trinajstić information content (AvgIpc) is 2.54. The first-order chi connectivity index (χ1) is 7.89. The molecule has 1 atom stereocenters. The molecule has 1 unspecified atom stereocenters. The van der Waals surface area contributed by atoms with Crippen molar-refractivity contribution in [1.82, 2.24) is 15.1 Å². The number of rotatable bonds is 6. The summed E-state index contributed by atoms with van der Waals surface area (Å²) in [6.07, 6.45) is 3.36. The third-order valence-electron chi connectivity index (χ3n) is 3.01. The van der Waals surface area contributed by atoms with Crippen LogP contribution >= 0.6 is 0 Å². The molecule has 0 radical (unpaired) electrons. The Bertz CT molecular complexity index is 400. The predicted octanol–water partition coefficient (Wildman–Crippen LogP) is 1.46. The molecule has 0 amide bonds. The first-order valence-electron chi connectivity index (χ1n) is 5.86. The molecule has 5 heteroatoms. The number of hydrogen-bond acceptors (Lipinski definition) is 3. The minimum atomic E-state index is -0.864. The summed E-state index contributed by atoms with van der Waals surface area (Å²) in [5, 5.41) is 16.6. The molecule has 0 aliphatic rings. The van der Waals surface area contributed by atoms with Gasteiger partial charge in [0.25, 0.3) is 0 Å². The second-order valence-electron chi connectivity index (χ2n) is 4.65. The number of aromatic nitrogens is 2. The van der Waals surface area contributed by atoms with Gasteiger partial charge in [-0.1, -0.05) is 13.3 Å². The lowest BCUT2D eigenvalue weighted by molar-refractivity contribution is -0.144. The van der Waals surface area contributed by atoms with Gasteiger partial charge in [0.1, 0.15) is 5.54 Å². The first kappa shape index (κ1) is 13.7. The Morgan fingerprint density at radius 2 is 2.29 bits per heavy atom. The largest absolute Gasteiger partial charge is 0.480 e. The Hall–Kier alpha value is -1.36. The van der Waals surface area contributed by atoms with Crippen LogP contribution < -0.4 is 5.32 Å². The molecule has 1 aromatic rings. The van der Waals surface area contributed by atoms with E-state index in [9.17, 15) is 9.90 Å². The lowest BCUT2D eigenvalue weighted by Gasteiger charge is -2.25. The topological polar surface area (TPSA) is 67.2 Å². The van der Waals surface area contributed by atoms with Gasteiger partial charge in [-0.2, -0.15) is 5.10 Å². The number of aliphatic carboxylic acids is 1.